The molecule has 1 rings (SSSR count). The van der Waals surface area contributed by atoms with Crippen LogP contribution in [0.2, 0.25) is 0 Å². The van der Waals surface area contributed by atoms with Crippen LogP contribution in [0.25, 0.3) is 5.57 Å². The topological polar surface area (TPSA) is 20.2 Å². The SMILES string of the molecule is CC/C(=C\C(=C(C)C)/C(C)=C(/O)C(C)=C(C)C)c1cccc(C(F)(F)F)c1. The Kier molecular flexibility index (Phi) is 7.70. The number of alkyl halides is 3. The fourth-order valence-electron chi connectivity index (χ4n) is 2.73. The molecule has 0 amide bonds. The van der Waals surface area contributed by atoms with Crippen LogP contribution in [0.4, 0.5) is 13.2 Å². The largest absolute Gasteiger partial charge is 0.507 e. The van der Waals surface area contributed by atoms with Crippen molar-refractivity contribution < 1.29 is 18.3 Å². The highest BCUT2D eigenvalue weighted by molar-refractivity contribution is 5.71. The molecule has 0 unspecified atom stereocenters. The minimum Gasteiger partial charge on any atom is -0.507 e. The molecule has 0 fully saturated rings. The maximum atomic E-state index is 13.1. The van der Waals surface area contributed by atoms with Crippen molar-refractivity contribution in [1.82, 2.24) is 0 Å². The highest BCUT2D eigenvalue weighted by atomic mass is 19.4. The van der Waals surface area contributed by atoms with Crippen LogP contribution in [0.15, 0.2) is 64.0 Å². The molecular weight excluding hydrogens is 349 g/mol. The number of halogens is 3. The fraction of sp³-hybridized carbons (Fsp3) is 0.391. The molecule has 148 valence electrons. The van der Waals surface area contributed by atoms with Gasteiger partial charge in [0.15, 0.2) is 0 Å². The first-order valence-corrected chi connectivity index (χ1v) is 9.00. The third-order valence-corrected chi connectivity index (χ3v) is 4.66. The molecule has 27 heavy (non-hydrogen) atoms. The summed E-state index contributed by atoms with van der Waals surface area (Å²) >= 11 is 0. The lowest BCUT2D eigenvalue weighted by Gasteiger charge is -2.15. The summed E-state index contributed by atoms with van der Waals surface area (Å²) in [5, 5.41) is 10.6. The van der Waals surface area contributed by atoms with Gasteiger partial charge < -0.3 is 5.11 Å². The van der Waals surface area contributed by atoms with E-state index in [0.29, 0.717) is 17.6 Å². The predicted molar refractivity (Wildman–Crippen MR) is 107 cm³/mol. The molecule has 0 saturated carbocycles. The number of rotatable bonds is 5. The summed E-state index contributed by atoms with van der Waals surface area (Å²) in [5.41, 5.74) is 5.02. The van der Waals surface area contributed by atoms with Gasteiger partial charge in [0.25, 0.3) is 0 Å². The highest BCUT2D eigenvalue weighted by Crippen LogP contribution is 2.33. The van der Waals surface area contributed by atoms with Crippen molar-refractivity contribution >= 4 is 5.57 Å². The monoisotopic (exact) mass is 378 g/mol. The zero-order valence-corrected chi connectivity index (χ0v) is 17.2. The van der Waals surface area contributed by atoms with Gasteiger partial charge in [-0.25, -0.2) is 0 Å². The first kappa shape index (κ1) is 22.8. The van der Waals surface area contributed by atoms with Crippen molar-refractivity contribution in [2.45, 2.75) is 61.1 Å². The average Bonchev–Trinajstić information content (AvgIpc) is 2.59. The highest BCUT2D eigenvalue weighted by Gasteiger charge is 2.30. The van der Waals surface area contributed by atoms with Crippen molar-refractivity contribution in [3.63, 3.8) is 0 Å². The molecule has 1 aromatic carbocycles. The van der Waals surface area contributed by atoms with Gasteiger partial charge in [-0.05, 0) is 88.0 Å². The lowest BCUT2D eigenvalue weighted by molar-refractivity contribution is -0.137. The zero-order chi connectivity index (χ0) is 20.9. The predicted octanol–water partition coefficient (Wildman–Crippen LogP) is 8.02. The van der Waals surface area contributed by atoms with Crippen LogP contribution in [0, 0.1) is 0 Å². The van der Waals surface area contributed by atoms with E-state index in [9.17, 15) is 18.3 Å². The van der Waals surface area contributed by atoms with E-state index in [4.69, 9.17) is 0 Å². The quantitative estimate of drug-likeness (QED) is 0.406. The van der Waals surface area contributed by atoms with Crippen LogP contribution in [0.5, 0.6) is 0 Å². The molecule has 1 nitrogen and oxygen atoms in total. The van der Waals surface area contributed by atoms with Crippen LogP contribution < -0.4 is 0 Å². The molecule has 1 aromatic rings. The number of benzene rings is 1. The molecule has 0 aromatic heterocycles. The number of aliphatic hydroxyl groups is 1. The van der Waals surface area contributed by atoms with Gasteiger partial charge in [0, 0.05) is 0 Å². The second kappa shape index (κ2) is 9.12. The van der Waals surface area contributed by atoms with Crippen molar-refractivity contribution in [1.29, 1.82) is 0 Å². The number of hydrogen-bond acceptors (Lipinski definition) is 1. The van der Waals surface area contributed by atoms with Gasteiger partial charge in [0.05, 0.1) is 5.56 Å². The van der Waals surface area contributed by atoms with E-state index < -0.39 is 11.7 Å². The molecule has 4 heteroatoms. The van der Waals surface area contributed by atoms with Crippen molar-refractivity contribution in [3.8, 4) is 0 Å². The Morgan fingerprint density at radius 1 is 0.963 bits per heavy atom. The van der Waals surface area contributed by atoms with E-state index in [0.717, 1.165) is 33.9 Å². The molecule has 0 atom stereocenters. The number of hydrogen-bond donors (Lipinski definition) is 1. The summed E-state index contributed by atoms with van der Waals surface area (Å²) < 4.78 is 39.2. The summed E-state index contributed by atoms with van der Waals surface area (Å²) in [6, 6.07) is 5.37. The normalized spacial score (nSPS) is 13.2. The Hall–Kier alpha value is -2.23. The minimum absolute atomic E-state index is 0.210. The smallest absolute Gasteiger partial charge is 0.416 e. The van der Waals surface area contributed by atoms with E-state index in [-0.39, 0.29) is 5.76 Å². The number of allylic oxidation sites excluding steroid dienone is 7. The molecular formula is C23H29F3O. The van der Waals surface area contributed by atoms with Crippen LogP contribution in [0.3, 0.4) is 0 Å². The van der Waals surface area contributed by atoms with Gasteiger partial charge in [-0.2, -0.15) is 13.2 Å². The third kappa shape index (κ3) is 5.88. The lowest BCUT2D eigenvalue weighted by atomic mass is 9.92. The molecule has 0 spiro atoms. The Labute approximate surface area is 160 Å². The molecule has 0 radical (unpaired) electrons. The standard InChI is InChI=1S/C23H29F3O/c1-8-18(19-10-9-11-20(12-19)23(24,25)26)13-21(15(4)5)17(7)22(27)16(6)14(2)3/h9-13,27H,8H2,1-7H3/b18-13+,22-17+. The van der Waals surface area contributed by atoms with E-state index in [1.165, 1.54) is 12.1 Å². The molecule has 0 heterocycles. The van der Waals surface area contributed by atoms with Gasteiger partial charge in [-0.3, -0.25) is 0 Å². The zero-order valence-electron chi connectivity index (χ0n) is 17.2. The summed E-state index contributed by atoms with van der Waals surface area (Å²) in [6.45, 7) is 13.3. The van der Waals surface area contributed by atoms with Gasteiger partial charge in [-0.1, -0.05) is 36.3 Å². The first-order chi connectivity index (χ1) is 12.4. The van der Waals surface area contributed by atoms with E-state index in [2.05, 4.69) is 0 Å². The van der Waals surface area contributed by atoms with Gasteiger partial charge >= 0.3 is 6.18 Å². The van der Waals surface area contributed by atoms with E-state index in [1.807, 2.05) is 54.5 Å². The van der Waals surface area contributed by atoms with Gasteiger partial charge in [0.2, 0.25) is 0 Å². The lowest BCUT2D eigenvalue weighted by Crippen LogP contribution is -2.05. The molecule has 0 aliphatic heterocycles. The van der Waals surface area contributed by atoms with E-state index in [1.54, 1.807) is 6.07 Å². The maximum Gasteiger partial charge on any atom is 0.416 e. The summed E-state index contributed by atoms with van der Waals surface area (Å²) in [7, 11) is 0. The molecule has 0 aliphatic rings. The van der Waals surface area contributed by atoms with E-state index >= 15 is 0 Å². The second-order valence-corrected chi connectivity index (χ2v) is 7.11. The van der Waals surface area contributed by atoms with Crippen molar-refractivity contribution in [3.05, 3.63) is 75.1 Å². The van der Waals surface area contributed by atoms with Gasteiger partial charge in [0.1, 0.15) is 5.76 Å². The average molecular weight is 378 g/mol. The van der Waals surface area contributed by atoms with Crippen molar-refractivity contribution in [2.24, 2.45) is 0 Å². The van der Waals surface area contributed by atoms with Crippen molar-refractivity contribution in [2.75, 3.05) is 0 Å². The van der Waals surface area contributed by atoms with Crippen LogP contribution in [0.1, 0.15) is 66.0 Å². The molecule has 0 saturated heterocycles. The first-order valence-electron chi connectivity index (χ1n) is 9.00. The molecule has 1 N–H and O–H groups in total. The Balaban J connectivity index is 3.56. The van der Waals surface area contributed by atoms with Crippen LogP contribution >= 0.6 is 0 Å². The van der Waals surface area contributed by atoms with Gasteiger partial charge in [-0.15, -0.1) is 0 Å². The summed E-state index contributed by atoms with van der Waals surface area (Å²) in [6.07, 6.45) is -1.91. The summed E-state index contributed by atoms with van der Waals surface area (Å²) in [5.74, 6) is 0.210. The summed E-state index contributed by atoms with van der Waals surface area (Å²) in [4.78, 5) is 0. The van der Waals surface area contributed by atoms with Crippen LogP contribution in [-0.4, -0.2) is 5.11 Å². The maximum absolute atomic E-state index is 13.1. The third-order valence-electron chi connectivity index (χ3n) is 4.66. The number of aliphatic hydroxyl groups excluding tert-OH is 1. The molecule has 0 aliphatic carbocycles. The minimum atomic E-state index is -4.37. The fourth-order valence-corrected chi connectivity index (χ4v) is 2.73. The Bertz CT molecular complexity index is 810. The second-order valence-electron chi connectivity index (χ2n) is 7.11. The Morgan fingerprint density at radius 3 is 2.00 bits per heavy atom. The van der Waals surface area contributed by atoms with Crippen LogP contribution in [-0.2, 0) is 6.18 Å². The molecule has 0 bridgehead atoms. The Morgan fingerprint density at radius 2 is 1.56 bits per heavy atom.